The van der Waals surface area contributed by atoms with E-state index in [0.29, 0.717) is 29.8 Å². The summed E-state index contributed by atoms with van der Waals surface area (Å²) in [6.45, 7) is 2.09. The third kappa shape index (κ3) is 2.94. The maximum absolute atomic E-state index is 12.4. The molecule has 0 bridgehead atoms. The zero-order valence-corrected chi connectivity index (χ0v) is 11.5. The molecule has 108 valence electrons. The highest BCUT2D eigenvalue weighted by atomic mass is 16.5. The van der Waals surface area contributed by atoms with Crippen LogP contribution in [0, 0.1) is 0 Å². The van der Waals surface area contributed by atoms with E-state index in [-0.39, 0.29) is 12.5 Å². The Hall–Kier alpha value is -1.99. The number of nitrogens with one attached hydrogen (secondary N) is 2. The Morgan fingerprint density at radius 1 is 1.55 bits per heavy atom. The van der Waals surface area contributed by atoms with E-state index < -0.39 is 5.54 Å². The number of hydrogen-bond acceptors (Lipinski definition) is 5. The van der Waals surface area contributed by atoms with Crippen molar-refractivity contribution in [3.63, 3.8) is 0 Å². The van der Waals surface area contributed by atoms with Crippen molar-refractivity contribution in [1.82, 2.24) is 20.3 Å². The molecule has 0 saturated heterocycles. The standard InChI is InChI=1S/C13H18N4O3/c1-13(4-6-18,7-20-2)17-12(19)10-9-3-5-14-11(9)16-8-15-10/h3,5,8,18H,4,6-7H2,1-2H3,(H,17,19)(H,14,15,16). The number of H-pyrrole nitrogens is 1. The molecule has 2 aromatic heterocycles. The van der Waals surface area contributed by atoms with Gasteiger partial charge in [0.1, 0.15) is 17.7 Å². The highest BCUT2D eigenvalue weighted by molar-refractivity contribution is 6.03. The van der Waals surface area contributed by atoms with E-state index in [4.69, 9.17) is 9.84 Å². The van der Waals surface area contributed by atoms with Gasteiger partial charge in [0, 0.05) is 19.9 Å². The molecule has 0 fully saturated rings. The van der Waals surface area contributed by atoms with E-state index in [0.717, 1.165) is 0 Å². The number of hydrogen-bond donors (Lipinski definition) is 3. The van der Waals surface area contributed by atoms with Gasteiger partial charge in [-0.2, -0.15) is 0 Å². The maximum Gasteiger partial charge on any atom is 0.271 e. The van der Waals surface area contributed by atoms with Crippen molar-refractivity contribution in [2.45, 2.75) is 18.9 Å². The smallest absolute Gasteiger partial charge is 0.271 e. The maximum atomic E-state index is 12.4. The summed E-state index contributed by atoms with van der Waals surface area (Å²) in [5.41, 5.74) is 0.269. The Labute approximate surface area is 116 Å². The molecule has 0 aliphatic heterocycles. The number of aliphatic hydroxyl groups is 1. The molecule has 0 aromatic carbocycles. The van der Waals surface area contributed by atoms with Crippen molar-refractivity contribution < 1.29 is 14.6 Å². The van der Waals surface area contributed by atoms with Crippen LogP contribution in [0.2, 0.25) is 0 Å². The fourth-order valence-electron chi connectivity index (χ4n) is 2.12. The number of fused-ring (bicyclic) bond motifs is 1. The van der Waals surface area contributed by atoms with Crippen molar-refractivity contribution >= 4 is 16.9 Å². The fraction of sp³-hybridized carbons (Fsp3) is 0.462. The van der Waals surface area contributed by atoms with E-state index in [2.05, 4.69) is 20.3 Å². The second-order valence-corrected chi connectivity index (χ2v) is 4.88. The first-order valence-electron chi connectivity index (χ1n) is 6.30. The molecule has 20 heavy (non-hydrogen) atoms. The quantitative estimate of drug-likeness (QED) is 0.713. The highest BCUT2D eigenvalue weighted by Crippen LogP contribution is 2.15. The summed E-state index contributed by atoms with van der Waals surface area (Å²) in [4.78, 5) is 23.4. The van der Waals surface area contributed by atoms with Gasteiger partial charge < -0.3 is 20.1 Å². The molecule has 0 aliphatic rings. The van der Waals surface area contributed by atoms with Gasteiger partial charge in [0.25, 0.3) is 5.91 Å². The van der Waals surface area contributed by atoms with E-state index in [1.54, 1.807) is 19.4 Å². The van der Waals surface area contributed by atoms with Gasteiger partial charge in [0.05, 0.1) is 17.5 Å². The van der Waals surface area contributed by atoms with Crippen LogP contribution in [0.5, 0.6) is 0 Å². The number of rotatable bonds is 6. The Balaban J connectivity index is 2.24. The minimum atomic E-state index is -0.645. The zero-order valence-electron chi connectivity index (χ0n) is 11.5. The van der Waals surface area contributed by atoms with Crippen LogP contribution in [-0.2, 0) is 4.74 Å². The summed E-state index contributed by atoms with van der Waals surface area (Å²) >= 11 is 0. The van der Waals surface area contributed by atoms with Gasteiger partial charge in [-0.15, -0.1) is 0 Å². The van der Waals surface area contributed by atoms with Crippen LogP contribution < -0.4 is 5.32 Å². The number of carbonyl (C=O) groups is 1. The van der Waals surface area contributed by atoms with Gasteiger partial charge in [0.2, 0.25) is 0 Å². The summed E-state index contributed by atoms with van der Waals surface area (Å²) in [6, 6.07) is 1.75. The highest BCUT2D eigenvalue weighted by Gasteiger charge is 2.27. The number of aromatic amines is 1. The van der Waals surface area contributed by atoms with Crippen LogP contribution in [0.25, 0.3) is 11.0 Å². The van der Waals surface area contributed by atoms with E-state index in [1.165, 1.54) is 6.33 Å². The lowest BCUT2D eigenvalue weighted by Gasteiger charge is -2.29. The first kappa shape index (κ1) is 14.4. The predicted octanol–water partition coefficient (Wildman–Crippen LogP) is 0.475. The summed E-state index contributed by atoms with van der Waals surface area (Å²) in [5, 5.41) is 12.6. The Bertz CT molecular complexity index is 590. The third-order valence-electron chi connectivity index (χ3n) is 3.11. The topological polar surface area (TPSA) is 100 Å². The van der Waals surface area contributed by atoms with Gasteiger partial charge in [-0.25, -0.2) is 9.97 Å². The van der Waals surface area contributed by atoms with Gasteiger partial charge in [-0.3, -0.25) is 4.79 Å². The van der Waals surface area contributed by atoms with Crippen LogP contribution in [0.3, 0.4) is 0 Å². The Morgan fingerprint density at radius 3 is 3.05 bits per heavy atom. The average molecular weight is 278 g/mol. The van der Waals surface area contributed by atoms with Crippen LogP contribution in [0.4, 0.5) is 0 Å². The van der Waals surface area contributed by atoms with Gasteiger partial charge in [0.15, 0.2) is 0 Å². The molecule has 2 aromatic rings. The second kappa shape index (κ2) is 5.98. The number of amides is 1. The van der Waals surface area contributed by atoms with Crippen LogP contribution >= 0.6 is 0 Å². The Kier molecular flexibility index (Phi) is 4.31. The van der Waals surface area contributed by atoms with Crippen LogP contribution in [-0.4, -0.2) is 51.8 Å². The van der Waals surface area contributed by atoms with Crippen molar-refractivity contribution in [2.75, 3.05) is 20.3 Å². The minimum Gasteiger partial charge on any atom is -0.396 e. The molecule has 0 aliphatic carbocycles. The second-order valence-electron chi connectivity index (χ2n) is 4.88. The summed E-state index contributed by atoms with van der Waals surface area (Å²) in [5.74, 6) is -0.315. The Morgan fingerprint density at radius 2 is 2.35 bits per heavy atom. The minimum absolute atomic E-state index is 0.0382. The molecule has 3 N–H and O–H groups in total. The number of carbonyl (C=O) groups excluding carboxylic acids is 1. The van der Waals surface area contributed by atoms with E-state index in [9.17, 15) is 4.79 Å². The van der Waals surface area contributed by atoms with E-state index in [1.807, 2.05) is 6.92 Å². The molecule has 1 atom stereocenters. The lowest BCUT2D eigenvalue weighted by molar-refractivity contribution is 0.0723. The largest absolute Gasteiger partial charge is 0.396 e. The molecule has 7 heteroatoms. The molecule has 2 heterocycles. The number of nitrogens with zero attached hydrogens (tertiary/aromatic N) is 2. The number of ether oxygens (including phenoxy) is 1. The SMILES string of the molecule is COCC(C)(CCO)NC(=O)c1ncnc2[nH]ccc12. The van der Waals surface area contributed by atoms with Crippen molar-refractivity contribution in [1.29, 1.82) is 0 Å². The number of aliphatic hydroxyl groups excluding tert-OH is 1. The van der Waals surface area contributed by atoms with Crippen molar-refractivity contribution in [2.24, 2.45) is 0 Å². The molecule has 0 spiro atoms. The number of methoxy groups -OCH3 is 1. The van der Waals surface area contributed by atoms with Crippen molar-refractivity contribution in [3.8, 4) is 0 Å². The van der Waals surface area contributed by atoms with Crippen LogP contribution in [0.1, 0.15) is 23.8 Å². The monoisotopic (exact) mass is 278 g/mol. The molecule has 0 saturated carbocycles. The molecule has 7 nitrogen and oxygen atoms in total. The van der Waals surface area contributed by atoms with Crippen molar-refractivity contribution in [3.05, 3.63) is 24.3 Å². The molecular weight excluding hydrogens is 260 g/mol. The predicted molar refractivity (Wildman–Crippen MR) is 73.3 cm³/mol. The average Bonchev–Trinajstić information content (AvgIpc) is 2.86. The van der Waals surface area contributed by atoms with Crippen LogP contribution in [0.15, 0.2) is 18.6 Å². The molecule has 1 unspecified atom stereocenters. The molecular formula is C13H18N4O3. The lowest BCUT2D eigenvalue weighted by atomic mass is 9.99. The third-order valence-corrected chi connectivity index (χ3v) is 3.11. The van der Waals surface area contributed by atoms with Gasteiger partial charge >= 0.3 is 0 Å². The summed E-state index contributed by atoms with van der Waals surface area (Å²) < 4.78 is 5.10. The molecule has 1 amide bonds. The number of aromatic nitrogens is 3. The molecule has 0 radical (unpaired) electrons. The fourth-order valence-corrected chi connectivity index (χ4v) is 2.12. The lowest BCUT2D eigenvalue weighted by Crippen LogP contribution is -2.50. The summed E-state index contributed by atoms with van der Waals surface area (Å²) in [6.07, 6.45) is 3.44. The zero-order chi connectivity index (χ0) is 14.6. The van der Waals surface area contributed by atoms with E-state index >= 15 is 0 Å². The molecule has 2 rings (SSSR count). The van der Waals surface area contributed by atoms with Gasteiger partial charge in [-0.1, -0.05) is 0 Å². The van der Waals surface area contributed by atoms with Gasteiger partial charge in [-0.05, 0) is 19.4 Å². The summed E-state index contributed by atoms with van der Waals surface area (Å²) in [7, 11) is 1.55. The first-order chi connectivity index (χ1) is 9.59. The first-order valence-corrected chi connectivity index (χ1v) is 6.30. The normalized spacial score (nSPS) is 14.2.